The molecule has 1 heterocycles. The third-order valence-corrected chi connectivity index (χ3v) is 4.36. The van der Waals surface area contributed by atoms with Crippen molar-refractivity contribution < 1.29 is 23.2 Å². The normalized spacial score (nSPS) is 10.4. The summed E-state index contributed by atoms with van der Waals surface area (Å²) >= 11 is 3.14. The molecule has 0 saturated carbocycles. The molecule has 1 aromatic heterocycles. The number of anilines is 3. The van der Waals surface area contributed by atoms with E-state index in [9.17, 15) is 18.8 Å². The molecule has 0 aliphatic heterocycles. The van der Waals surface area contributed by atoms with Crippen molar-refractivity contribution in [1.29, 1.82) is 0 Å². The minimum absolute atomic E-state index is 0.0102. The Balaban J connectivity index is 1.58. The standard InChI is InChI=1S/C21H17BrFN3O4/c1-12(27)24-17-11-15(6-7-16(17)23)25-20(28)10-13-2-4-14(5-3-13)26-21(29)18-8-9-19(22)30-18/h2-9,11H,10H2,1H3,(H,24,27)(H,25,28)(H,26,29). The SMILES string of the molecule is CC(=O)Nc1cc(NC(=O)Cc2ccc(NC(=O)c3ccc(Br)o3)cc2)ccc1F. The maximum Gasteiger partial charge on any atom is 0.291 e. The lowest BCUT2D eigenvalue weighted by molar-refractivity contribution is -0.115. The van der Waals surface area contributed by atoms with Crippen molar-refractivity contribution in [2.45, 2.75) is 13.3 Å². The first kappa shape index (κ1) is 21.3. The van der Waals surface area contributed by atoms with E-state index in [1.165, 1.54) is 19.1 Å². The number of nitrogens with one attached hydrogen (secondary N) is 3. The largest absolute Gasteiger partial charge is 0.444 e. The van der Waals surface area contributed by atoms with Crippen molar-refractivity contribution in [1.82, 2.24) is 0 Å². The van der Waals surface area contributed by atoms with Gasteiger partial charge in [0.2, 0.25) is 11.8 Å². The van der Waals surface area contributed by atoms with Crippen LogP contribution >= 0.6 is 15.9 Å². The van der Waals surface area contributed by atoms with Crippen LogP contribution in [0.15, 0.2) is 63.7 Å². The van der Waals surface area contributed by atoms with Gasteiger partial charge in [-0.1, -0.05) is 12.1 Å². The van der Waals surface area contributed by atoms with Gasteiger partial charge in [-0.25, -0.2) is 4.39 Å². The summed E-state index contributed by atoms with van der Waals surface area (Å²) in [4.78, 5) is 35.5. The molecule has 7 nitrogen and oxygen atoms in total. The van der Waals surface area contributed by atoms with E-state index in [2.05, 4.69) is 31.9 Å². The van der Waals surface area contributed by atoms with Crippen LogP contribution in [0.4, 0.5) is 21.5 Å². The van der Waals surface area contributed by atoms with Gasteiger partial charge in [0, 0.05) is 18.3 Å². The quantitative estimate of drug-likeness (QED) is 0.487. The molecule has 30 heavy (non-hydrogen) atoms. The lowest BCUT2D eigenvalue weighted by atomic mass is 10.1. The Morgan fingerprint density at radius 2 is 1.63 bits per heavy atom. The third-order valence-electron chi connectivity index (χ3n) is 3.93. The average molecular weight is 474 g/mol. The Labute approximate surface area is 179 Å². The third kappa shape index (κ3) is 5.77. The Morgan fingerprint density at radius 3 is 2.27 bits per heavy atom. The fourth-order valence-electron chi connectivity index (χ4n) is 2.61. The molecule has 9 heteroatoms. The van der Waals surface area contributed by atoms with Crippen molar-refractivity contribution >= 4 is 50.7 Å². The van der Waals surface area contributed by atoms with E-state index in [0.29, 0.717) is 16.0 Å². The molecule has 3 N–H and O–H groups in total. The average Bonchev–Trinajstić information content (AvgIpc) is 3.12. The molecule has 3 rings (SSSR count). The molecule has 2 aromatic carbocycles. The molecule has 0 aliphatic carbocycles. The monoisotopic (exact) mass is 473 g/mol. The summed E-state index contributed by atoms with van der Waals surface area (Å²) in [6, 6.07) is 13.8. The maximum atomic E-state index is 13.7. The zero-order valence-electron chi connectivity index (χ0n) is 15.8. The van der Waals surface area contributed by atoms with Gasteiger partial charge >= 0.3 is 0 Å². The van der Waals surface area contributed by atoms with Gasteiger partial charge in [0.1, 0.15) is 5.82 Å². The van der Waals surface area contributed by atoms with Gasteiger partial charge in [0.25, 0.3) is 5.91 Å². The predicted octanol–water partition coefficient (Wildman–Crippen LogP) is 4.57. The maximum absolute atomic E-state index is 13.7. The highest BCUT2D eigenvalue weighted by molar-refractivity contribution is 9.10. The number of rotatable bonds is 6. The van der Waals surface area contributed by atoms with E-state index in [1.54, 1.807) is 36.4 Å². The van der Waals surface area contributed by atoms with Gasteiger partial charge in [-0.05, 0) is 64.0 Å². The first-order chi connectivity index (χ1) is 14.3. The van der Waals surface area contributed by atoms with Crippen LogP contribution in [0.5, 0.6) is 0 Å². The number of hydrogen-bond acceptors (Lipinski definition) is 4. The van der Waals surface area contributed by atoms with E-state index in [1.807, 2.05) is 0 Å². The van der Waals surface area contributed by atoms with Crippen LogP contribution in [0.25, 0.3) is 0 Å². The zero-order chi connectivity index (χ0) is 21.7. The molecule has 0 bridgehead atoms. The van der Waals surface area contributed by atoms with Gasteiger partial charge < -0.3 is 20.4 Å². The van der Waals surface area contributed by atoms with Crippen LogP contribution in [0, 0.1) is 5.82 Å². The van der Waals surface area contributed by atoms with E-state index >= 15 is 0 Å². The van der Waals surface area contributed by atoms with Gasteiger partial charge in [-0.3, -0.25) is 14.4 Å². The minimum atomic E-state index is -0.595. The molecule has 0 radical (unpaired) electrons. The summed E-state index contributed by atoms with van der Waals surface area (Å²) in [6.45, 7) is 1.27. The number of furan rings is 1. The van der Waals surface area contributed by atoms with Gasteiger partial charge in [0.05, 0.1) is 12.1 Å². The highest BCUT2D eigenvalue weighted by Gasteiger charge is 2.12. The zero-order valence-corrected chi connectivity index (χ0v) is 17.4. The smallest absolute Gasteiger partial charge is 0.291 e. The number of amides is 3. The van der Waals surface area contributed by atoms with Crippen molar-refractivity contribution in [3.8, 4) is 0 Å². The molecule has 0 atom stereocenters. The highest BCUT2D eigenvalue weighted by atomic mass is 79.9. The Kier molecular flexibility index (Phi) is 6.63. The van der Waals surface area contributed by atoms with E-state index < -0.39 is 17.6 Å². The number of halogens is 2. The highest BCUT2D eigenvalue weighted by Crippen LogP contribution is 2.20. The molecule has 0 unspecified atom stereocenters. The van der Waals surface area contributed by atoms with Crippen LogP contribution in [0.1, 0.15) is 23.0 Å². The number of carbonyl (C=O) groups excluding carboxylic acids is 3. The van der Waals surface area contributed by atoms with Crippen LogP contribution < -0.4 is 16.0 Å². The Hall–Kier alpha value is -3.46. The summed E-state index contributed by atoms with van der Waals surface area (Å²) in [5.41, 5.74) is 1.62. The molecule has 0 spiro atoms. The summed E-state index contributed by atoms with van der Waals surface area (Å²) in [5, 5.41) is 7.72. The van der Waals surface area contributed by atoms with E-state index in [0.717, 1.165) is 11.6 Å². The fourth-order valence-corrected chi connectivity index (χ4v) is 2.92. The van der Waals surface area contributed by atoms with Gasteiger partial charge in [-0.15, -0.1) is 0 Å². The van der Waals surface area contributed by atoms with Crippen LogP contribution in [0.3, 0.4) is 0 Å². The summed E-state index contributed by atoms with van der Waals surface area (Å²) in [5.74, 6) is -1.54. The van der Waals surface area contributed by atoms with E-state index in [4.69, 9.17) is 4.42 Å². The predicted molar refractivity (Wildman–Crippen MR) is 114 cm³/mol. The number of hydrogen-bond donors (Lipinski definition) is 3. The van der Waals surface area contributed by atoms with E-state index in [-0.39, 0.29) is 23.8 Å². The van der Waals surface area contributed by atoms with Crippen LogP contribution in [-0.4, -0.2) is 17.7 Å². The van der Waals surface area contributed by atoms with Gasteiger partial charge in [0.15, 0.2) is 10.4 Å². The number of carbonyl (C=O) groups is 3. The minimum Gasteiger partial charge on any atom is -0.444 e. The second kappa shape index (κ2) is 9.36. The molecule has 154 valence electrons. The Bertz CT molecular complexity index is 1100. The Morgan fingerprint density at radius 1 is 0.933 bits per heavy atom. The first-order valence-corrected chi connectivity index (χ1v) is 9.62. The first-order valence-electron chi connectivity index (χ1n) is 8.83. The summed E-state index contributed by atoms with van der Waals surface area (Å²) in [7, 11) is 0. The number of benzene rings is 2. The van der Waals surface area contributed by atoms with Gasteiger partial charge in [-0.2, -0.15) is 0 Å². The summed E-state index contributed by atoms with van der Waals surface area (Å²) in [6.07, 6.45) is 0.0756. The van der Waals surface area contributed by atoms with Crippen molar-refractivity contribution in [3.63, 3.8) is 0 Å². The lowest BCUT2D eigenvalue weighted by Gasteiger charge is -2.09. The van der Waals surface area contributed by atoms with Crippen molar-refractivity contribution in [2.24, 2.45) is 0 Å². The second-order valence-electron chi connectivity index (χ2n) is 6.36. The molecular formula is C21H17BrFN3O4. The van der Waals surface area contributed by atoms with Crippen LogP contribution in [-0.2, 0) is 16.0 Å². The molecule has 0 aliphatic rings. The van der Waals surface area contributed by atoms with Crippen molar-refractivity contribution in [3.05, 3.63) is 76.4 Å². The molecule has 0 saturated heterocycles. The molecule has 3 aromatic rings. The molecule has 3 amide bonds. The van der Waals surface area contributed by atoms with Crippen molar-refractivity contribution in [2.75, 3.05) is 16.0 Å². The lowest BCUT2D eigenvalue weighted by Crippen LogP contribution is -2.15. The topological polar surface area (TPSA) is 100 Å². The fraction of sp³-hybridized carbons (Fsp3) is 0.0952. The second-order valence-corrected chi connectivity index (χ2v) is 7.14. The molecular weight excluding hydrogens is 457 g/mol. The summed E-state index contributed by atoms with van der Waals surface area (Å²) < 4.78 is 19.3. The molecule has 0 fully saturated rings. The van der Waals surface area contributed by atoms with Crippen LogP contribution in [0.2, 0.25) is 0 Å².